The molecule has 2 saturated heterocycles. The van der Waals surface area contributed by atoms with Crippen LogP contribution in [0.15, 0.2) is 42.6 Å². The molecule has 2 fully saturated rings. The Morgan fingerprint density at radius 1 is 1.09 bits per heavy atom. The number of rotatable bonds is 7. The van der Waals surface area contributed by atoms with Crippen LogP contribution in [0.25, 0.3) is 16.8 Å². The molecule has 1 unspecified atom stereocenters. The minimum Gasteiger partial charge on any atom is -0.383 e. The lowest BCUT2D eigenvalue weighted by Gasteiger charge is -2.34. The van der Waals surface area contributed by atoms with Gasteiger partial charge < -0.3 is 20.7 Å². The van der Waals surface area contributed by atoms with Gasteiger partial charge in [0.15, 0.2) is 5.82 Å². The zero-order valence-corrected chi connectivity index (χ0v) is 25.0. The Bertz CT molecular complexity index is 1690. The van der Waals surface area contributed by atoms with Crippen LogP contribution in [-0.4, -0.2) is 81.9 Å². The molecule has 15 heteroatoms. The van der Waals surface area contributed by atoms with Gasteiger partial charge in [0.25, 0.3) is 5.78 Å². The lowest BCUT2D eigenvalue weighted by atomic mass is 10.1. The number of aromatic nitrogens is 4. The van der Waals surface area contributed by atoms with Crippen LogP contribution in [0.5, 0.6) is 0 Å². The number of Topliss-reactive ketones (excluding diaryl/α,β-unsaturated/α-hetero) is 1. The van der Waals surface area contributed by atoms with Gasteiger partial charge in [0.1, 0.15) is 17.2 Å². The fraction of sp³-hybridized carbons (Fsp3) is 0.379. The Morgan fingerprint density at radius 3 is 2.61 bits per heavy atom. The second kappa shape index (κ2) is 12.4. The maximum Gasteiger partial charge on any atom is 0.455 e. The van der Waals surface area contributed by atoms with E-state index in [0.29, 0.717) is 47.6 Å². The van der Waals surface area contributed by atoms with Gasteiger partial charge in [-0.15, -0.1) is 0 Å². The first-order chi connectivity index (χ1) is 21.0. The number of carbonyl (C=O) groups excluding carboxylic acids is 1. The third-order valence-electron chi connectivity index (χ3n) is 7.68. The van der Waals surface area contributed by atoms with E-state index in [0.717, 1.165) is 55.6 Å². The number of hydrogen-bond acceptors (Lipinski definition) is 9. The molecule has 0 spiro atoms. The first-order valence-corrected chi connectivity index (χ1v) is 14.8. The Morgan fingerprint density at radius 2 is 1.89 bits per heavy atom. The van der Waals surface area contributed by atoms with Gasteiger partial charge in [0.05, 0.1) is 41.4 Å². The molecule has 2 aliphatic rings. The fourth-order valence-corrected chi connectivity index (χ4v) is 6.05. The SMILES string of the molecule is Nc1nc(NC2CCCN(c3nc(-c4ccc(Cl)cc4Cl)cn4nc(CN5CCOCC5)cc34)C2)ccc1C(=O)C(F)(F)F. The van der Waals surface area contributed by atoms with Crippen LogP contribution < -0.4 is 16.0 Å². The number of ether oxygens (including phenoxy) is 1. The van der Waals surface area contributed by atoms with E-state index in [2.05, 4.69) is 20.1 Å². The third kappa shape index (κ3) is 6.55. The maximum atomic E-state index is 12.9. The number of nitrogen functional groups attached to an aromatic ring is 1. The lowest BCUT2D eigenvalue weighted by Crippen LogP contribution is -2.43. The summed E-state index contributed by atoms with van der Waals surface area (Å²) in [6.45, 7) is 4.94. The van der Waals surface area contributed by atoms with E-state index in [9.17, 15) is 18.0 Å². The first kappa shape index (κ1) is 30.4. The van der Waals surface area contributed by atoms with Gasteiger partial charge >= 0.3 is 6.18 Å². The highest BCUT2D eigenvalue weighted by Gasteiger charge is 2.40. The molecule has 3 aromatic heterocycles. The van der Waals surface area contributed by atoms with E-state index < -0.39 is 23.3 Å². The number of nitrogens with zero attached hydrogens (tertiary/aromatic N) is 6. The van der Waals surface area contributed by atoms with Crippen molar-refractivity contribution in [1.29, 1.82) is 0 Å². The normalized spacial score (nSPS) is 18.1. The summed E-state index contributed by atoms with van der Waals surface area (Å²) >= 11 is 12.7. The number of ketones is 1. The second-order valence-corrected chi connectivity index (χ2v) is 11.7. The molecule has 6 rings (SSSR count). The first-order valence-electron chi connectivity index (χ1n) is 14.1. The quantitative estimate of drug-likeness (QED) is 0.256. The van der Waals surface area contributed by atoms with Gasteiger partial charge in [-0.05, 0) is 49.2 Å². The Labute approximate surface area is 260 Å². The van der Waals surface area contributed by atoms with Gasteiger partial charge in [-0.1, -0.05) is 23.2 Å². The van der Waals surface area contributed by atoms with Gasteiger partial charge in [-0.2, -0.15) is 18.3 Å². The topological polar surface area (TPSA) is 114 Å². The number of halogens is 5. The Hall–Kier alpha value is -3.65. The number of morpholine rings is 1. The zero-order chi connectivity index (χ0) is 31.0. The molecule has 4 aromatic rings. The van der Waals surface area contributed by atoms with E-state index in [1.807, 2.05) is 22.8 Å². The van der Waals surface area contributed by atoms with Crippen molar-refractivity contribution < 1.29 is 22.7 Å². The molecule has 0 bridgehead atoms. The van der Waals surface area contributed by atoms with Crippen molar-refractivity contribution in [2.45, 2.75) is 31.6 Å². The minimum absolute atomic E-state index is 0.125. The summed E-state index contributed by atoms with van der Waals surface area (Å²) in [6.07, 6.45) is -1.59. The van der Waals surface area contributed by atoms with Crippen molar-refractivity contribution in [3.05, 3.63) is 63.9 Å². The standard InChI is InChI=1S/C29H29Cl2F3N8O2/c30-17-3-4-20(22(31)12-17)23-16-42-24(13-19(39-42)14-40-8-10-44-11-9-40)28(37-23)41-7-1-2-18(15-41)36-25-6-5-21(27(35)38-25)26(43)29(32,33)34/h3-6,12-13,16,18H,1-2,7-11,14-15H2,(H3,35,36,38). The number of nitrogens with two attached hydrogens (primary N) is 1. The van der Waals surface area contributed by atoms with Crippen molar-refractivity contribution >= 4 is 52.0 Å². The summed E-state index contributed by atoms with van der Waals surface area (Å²) in [5.74, 6) is -1.50. The van der Waals surface area contributed by atoms with E-state index in [4.69, 9.17) is 43.8 Å². The molecule has 2 aliphatic heterocycles. The van der Waals surface area contributed by atoms with Gasteiger partial charge in [0, 0.05) is 49.4 Å². The van der Waals surface area contributed by atoms with Crippen molar-refractivity contribution in [3.8, 4) is 11.3 Å². The van der Waals surface area contributed by atoms with Crippen LogP contribution in [0.2, 0.25) is 10.0 Å². The predicted molar refractivity (Wildman–Crippen MR) is 162 cm³/mol. The summed E-state index contributed by atoms with van der Waals surface area (Å²) in [7, 11) is 0. The molecule has 0 aliphatic carbocycles. The largest absolute Gasteiger partial charge is 0.455 e. The molecule has 0 radical (unpaired) electrons. The molecule has 232 valence electrons. The molecule has 44 heavy (non-hydrogen) atoms. The van der Waals surface area contributed by atoms with Crippen molar-refractivity contribution in [3.63, 3.8) is 0 Å². The zero-order valence-electron chi connectivity index (χ0n) is 23.4. The molecule has 1 atom stereocenters. The number of pyridine rings is 1. The number of hydrogen-bond donors (Lipinski definition) is 2. The van der Waals surface area contributed by atoms with Gasteiger partial charge in [-0.3, -0.25) is 9.69 Å². The molecule has 5 heterocycles. The average molecular weight is 650 g/mol. The minimum atomic E-state index is -5.03. The van der Waals surface area contributed by atoms with Gasteiger partial charge in [-0.25, -0.2) is 14.5 Å². The highest BCUT2D eigenvalue weighted by atomic mass is 35.5. The van der Waals surface area contributed by atoms with E-state index >= 15 is 0 Å². The number of nitrogens with one attached hydrogen (secondary N) is 1. The number of fused-ring (bicyclic) bond motifs is 1. The Balaban J connectivity index is 1.30. The van der Waals surface area contributed by atoms with E-state index in [1.165, 1.54) is 6.07 Å². The van der Waals surface area contributed by atoms with Crippen LogP contribution in [0, 0.1) is 0 Å². The summed E-state index contributed by atoms with van der Waals surface area (Å²) < 4.78 is 46.0. The summed E-state index contributed by atoms with van der Waals surface area (Å²) in [5, 5.41) is 9.13. The number of benzene rings is 1. The number of anilines is 3. The molecular weight excluding hydrogens is 620 g/mol. The highest BCUT2D eigenvalue weighted by molar-refractivity contribution is 6.36. The number of carbonyl (C=O) groups is 1. The Kier molecular flexibility index (Phi) is 8.55. The molecule has 10 nitrogen and oxygen atoms in total. The maximum absolute atomic E-state index is 12.9. The molecule has 0 amide bonds. The lowest BCUT2D eigenvalue weighted by molar-refractivity contribution is -0.0884. The van der Waals surface area contributed by atoms with Crippen LogP contribution >= 0.6 is 23.2 Å². The summed E-state index contributed by atoms with van der Waals surface area (Å²) in [5.41, 5.74) is 8.13. The summed E-state index contributed by atoms with van der Waals surface area (Å²) in [6, 6.07) is 9.56. The summed E-state index contributed by atoms with van der Waals surface area (Å²) in [4.78, 5) is 25.2. The van der Waals surface area contributed by atoms with Crippen LogP contribution in [0.3, 0.4) is 0 Å². The fourth-order valence-electron chi connectivity index (χ4n) is 5.55. The van der Waals surface area contributed by atoms with Gasteiger partial charge in [0.2, 0.25) is 0 Å². The molecule has 3 N–H and O–H groups in total. The monoisotopic (exact) mass is 648 g/mol. The highest BCUT2D eigenvalue weighted by Crippen LogP contribution is 2.33. The number of piperidine rings is 1. The average Bonchev–Trinajstić information content (AvgIpc) is 3.39. The van der Waals surface area contributed by atoms with Crippen LogP contribution in [0.4, 0.5) is 30.6 Å². The van der Waals surface area contributed by atoms with Crippen molar-refractivity contribution in [2.75, 3.05) is 55.3 Å². The second-order valence-electron chi connectivity index (χ2n) is 10.8. The predicted octanol–water partition coefficient (Wildman–Crippen LogP) is 5.34. The molecule has 1 aromatic carbocycles. The van der Waals surface area contributed by atoms with Crippen molar-refractivity contribution in [1.82, 2.24) is 24.5 Å². The van der Waals surface area contributed by atoms with Crippen LogP contribution in [0.1, 0.15) is 28.9 Å². The number of alkyl halides is 3. The van der Waals surface area contributed by atoms with Crippen LogP contribution in [-0.2, 0) is 11.3 Å². The third-order valence-corrected chi connectivity index (χ3v) is 8.23. The molecular formula is C29H29Cl2F3N8O2. The van der Waals surface area contributed by atoms with E-state index in [1.54, 1.807) is 12.1 Å². The van der Waals surface area contributed by atoms with Crippen molar-refractivity contribution in [2.24, 2.45) is 0 Å². The molecule has 0 saturated carbocycles. The smallest absolute Gasteiger partial charge is 0.383 e. The van der Waals surface area contributed by atoms with E-state index in [-0.39, 0.29) is 11.9 Å².